The molecule has 0 aromatic rings. The summed E-state index contributed by atoms with van der Waals surface area (Å²) in [6.07, 6.45) is 1.21. The van der Waals surface area contributed by atoms with Crippen LogP contribution in [-0.2, 0) is 0 Å². The van der Waals surface area contributed by atoms with Crippen LogP contribution in [0.3, 0.4) is 0 Å². The van der Waals surface area contributed by atoms with Crippen LogP contribution in [0.4, 0.5) is 4.39 Å². The van der Waals surface area contributed by atoms with Gasteiger partial charge in [-0.15, -0.1) is 0 Å². The molecule has 0 spiro atoms. The summed E-state index contributed by atoms with van der Waals surface area (Å²) in [5.74, 6) is 0.700. The van der Waals surface area contributed by atoms with Crippen molar-refractivity contribution in [1.29, 1.82) is 0 Å². The number of rotatable bonds is 2. The number of piperidine rings is 1. The van der Waals surface area contributed by atoms with E-state index in [0.717, 1.165) is 19.4 Å². The molecule has 0 N–H and O–H groups in total. The smallest absolute Gasteiger partial charge is 0.106 e. The van der Waals surface area contributed by atoms with Crippen molar-refractivity contribution < 1.29 is 4.39 Å². The molecule has 1 fully saturated rings. The minimum atomic E-state index is -0.582. The number of nitrogens with zero attached hydrogens (tertiary/aromatic N) is 1. The van der Waals surface area contributed by atoms with Gasteiger partial charge in [-0.25, -0.2) is 4.39 Å². The SMILES string of the molecule is CCC1C(C(C)C)C(F)CCN1C. The Morgan fingerprint density at radius 2 is 2.08 bits per heavy atom. The highest BCUT2D eigenvalue weighted by Gasteiger charge is 2.37. The van der Waals surface area contributed by atoms with Gasteiger partial charge in [-0.2, -0.15) is 0 Å². The van der Waals surface area contributed by atoms with E-state index in [1.807, 2.05) is 0 Å². The van der Waals surface area contributed by atoms with Gasteiger partial charge < -0.3 is 4.90 Å². The zero-order chi connectivity index (χ0) is 10.0. The maximum atomic E-state index is 13.7. The average molecular weight is 187 g/mol. The number of hydrogen-bond donors (Lipinski definition) is 0. The van der Waals surface area contributed by atoms with Crippen molar-refractivity contribution in [2.75, 3.05) is 13.6 Å². The Hall–Kier alpha value is -0.110. The third-order valence-corrected chi connectivity index (χ3v) is 3.37. The summed E-state index contributed by atoms with van der Waals surface area (Å²) in [6.45, 7) is 7.36. The van der Waals surface area contributed by atoms with Gasteiger partial charge in [-0.05, 0) is 25.8 Å². The summed E-state index contributed by atoms with van der Waals surface area (Å²) in [6, 6.07) is 0.448. The van der Waals surface area contributed by atoms with Crippen LogP contribution in [0.25, 0.3) is 0 Å². The van der Waals surface area contributed by atoms with Crippen molar-refractivity contribution in [3.05, 3.63) is 0 Å². The third kappa shape index (κ3) is 2.22. The van der Waals surface area contributed by atoms with E-state index in [1.165, 1.54) is 0 Å². The van der Waals surface area contributed by atoms with Crippen LogP contribution >= 0.6 is 0 Å². The van der Waals surface area contributed by atoms with Gasteiger partial charge >= 0.3 is 0 Å². The molecule has 3 unspecified atom stereocenters. The number of halogens is 1. The van der Waals surface area contributed by atoms with Crippen molar-refractivity contribution in [1.82, 2.24) is 4.90 Å². The first-order valence-corrected chi connectivity index (χ1v) is 5.42. The Bertz CT molecular complexity index is 158. The van der Waals surface area contributed by atoms with Crippen molar-refractivity contribution in [2.24, 2.45) is 11.8 Å². The zero-order valence-electron chi connectivity index (χ0n) is 9.26. The fourth-order valence-electron chi connectivity index (χ4n) is 2.67. The first kappa shape index (κ1) is 11.0. The molecule has 1 rings (SSSR count). The molecule has 3 atom stereocenters. The van der Waals surface area contributed by atoms with E-state index >= 15 is 0 Å². The maximum Gasteiger partial charge on any atom is 0.106 e. The van der Waals surface area contributed by atoms with Gasteiger partial charge in [-0.3, -0.25) is 0 Å². The van der Waals surface area contributed by atoms with Gasteiger partial charge in [0, 0.05) is 18.5 Å². The van der Waals surface area contributed by atoms with Gasteiger partial charge in [0.1, 0.15) is 6.17 Å². The lowest BCUT2D eigenvalue weighted by atomic mass is 9.79. The maximum absolute atomic E-state index is 13.7. The van der Waals surface area contributed by atoms with Gasteiger partial charge in [0.2, 0.25) is 0 Å². The van der Waals surface area contributed by atoms with Crippen LogP contribution in [0.1, 0.15) is 33.6 Å². The van der Waals surface area contributed by atoms with Gasteiger partial charge in [0.05, 0.1) is 0 Å². The van der Waals surface area contributed by atoms with E-state index in [2.05, 4.69) is 32.7 Å². The third-order valence-electron chi connectivity index (χ3n) is 3.37. The van der Waals surface area contributed by atoms with Crippen LogP contribution < -0.4 is 0 Å². The molecule has 0 amide bonds. The van der Waals surface area contributed by atoms with Crippen molar-refractivity contribution in [2.45, 2.75) is 45.8 Å². The van der Waals surface area contributed by atoms with E-state index < -0.39 is 6.17 Å². The van der Waals surface area contributed by atoms with Crippen LogP contribution in [-0.4, -0.2) is 30.7 Å². The summed E-state index contributed by atoms with van der Waals surface area (Å²) in [4.78, 5) is 2.32. The van der Waals surface area contributed by atoms with Gasteiger partial charge in [0.25, 0.3) is 0 Å². The molecule has 0 radical (unpaired) electrons. The molecule has 1 saturated heterocycles. The molecular weight excluding hydrogens is 165 g/mol. The molecule has 0 aromatic heterocycles. The Balaban J connectivity index is 2.71. The normalized spacial score (nSPS) is 36.9. The quantitative estimate of drug-likeness (QED) is 0.642. The van der Waals surface area contributed by atoms with Gasteiger partial charge in [0.15, 0.2) is 0 Å². The highest BCUT2D eigenvalue weighted by atomic mass is 19.1. The lowest BCUT2D eigenvalue weighted by Gasteiger charge is -2.42. The number of likely N-dealkylation sites (tertiary alicyclic amines) is 1. The van der Waals surface area contributed by atoms with Gasteiger partial charge in [-0.1, -0.05) is 20.8 Å². The van der Waals surface area contributed by atoms with E-state index in [4.69, 9.17) is 0 Å². The van der Waals surface area contributed by atoms with E-state index in [0.29, 0.717) is 12.0 Å². The lowest BCUT2D eigenvalue weighted by Crippen LogP contribution is -2.49. The molecule has 1 heterocycles. The minimum absolute atomic E-state index is 0.240. The molecule has 0 aliphatic carbocycles. The zero-order valence-corrected chi connectivity index (χ0v) is 9.26. The second-order valence-electron chi connectivity index (χ2n) is 4.58. The summed E-state index contributed by atoms with van der Waals surface area (Å²) in [5, 5.41) is 0. The number of hydrogen-bond acceptors (Lipinski definition) is 1. The van der Waals surface area contributed by atoms with Crippen LogP contribution in [0, 0.1) is 11.8 Å². The Morgan fingerprint density at radius 1 is 1.46 bits per heavy atom. The summed E-state index contributed by atoms with van der Waals surface area (Å²) in [5.41, 5.74) is 0. The lowest BCUT2D eigenvalue weighted by molar-refractivity contribution is 0.0177. The standard InChI is InChI=1S/C11H22FN/c1-5-10-11(8(2)3)9(12)6-7-13(10)4/h8-11H,5-7H2,1-4H3. The second-order valence-corrected chi connectivity index (χ2v) is 4.58. The van der Waals surface area contributed by atoms with Crippen LogP contribution in [0.2, 0.25) is 0 Å². The van der Waals surface area contributed by atoms with Crippen molar-refractivity contribution in [3.63, 3.8) is 0 Å². The topological polar surface area (TPSA) is 3.24 Å². The monoisotopic (exact) mass is 187 g/mol. The van der Waals surface area contributed by atoms with Crippen LogP contribution in [0.5, 0.6) is 0 Å². The fourth-order valence-corrected chi connectivity index (χ4v) is 2.67. The van der Waals surface area contributed by atoms with E-state index in [-0.39, 0.29) is 5.92 Å². The molecule has 0 saturated carbocycles. The first-order valence-electron chi connectivity index (χ1n) is 5.42. The molecule has 2 heteroatoms. The van der Waals surface area contributed by atoms with Crippen molar-refractivity contribution >= 4 is 0 Å². The second kappa shape index (κ2) is 4.41. The predicted octanol–water partition coefficient (Wildman–Crippen LogP) is 2.71. The fraction of sp³-hybridized carbons (Fsp3) is 1.00. The first-order chi connectivity index (χ1) is 6.07. The molecule has 1 nitrogen and oxygen atoms in total. The molecule has 1 aliphatic rings. The largest absolute Gasteiger partial charge is 0.303 e. The summed E-state index contributed by atoms with van der Waals surface area (Å²) < 4.78 is 13.7. The molecule has 0 bridgehead atoms. The highest BCUT2D eigenvalue weighted by molar-refractivity contribution is 4.89. The predicted molar refractivity (Wildman–Crippen MR) is 54.6 cm³/mol. The average Bonchev–Trinajstić information content (AvgIpc) is 2.07. The van der Waals surface area contributed by atoms with E-state index in [9.17, 15) is 4.39 Å². The Kier molecular flexibility index (Phi) is 3.72. The Morgan fingerprint density at radius 3 is 2.46 bits per heavy atom. The molecule has 13 heavy (non-hydrogen) atoms. The highest BCUT2D eigenvalue weighted by Crippen LogP contribution is 2.32. The number of alkyl halides is 1. The molecule has 1 aliphatic heterocycles. The Labute approximate surface area is 81.3 Å². The van der Waals surface area contributed by atoms with E-state index in [1.54, 1.807) is 0 Å². The molecule has 78 valence electrons. The summed E-state index contributed by atoms with van der Waals surface area (Å²) >= 11 is 0. The minimum Gasteiger partial charge on any atom is -0.303 e. The van der Waals surface area contributed by atoms with Crippen molar-refractivity contribution in [3.8, 4) is 0 Å². The molecule has 0 aromatic carbocycles. The van der Waals surface area contributed by atoms with Crippen LogP contribution in [0.15, 0.2) is 0 Å². The molecular formula is C11H22FN. The summed E-state index contributed by atoms with van der Waals surface area (Å²) in [7, 11) is 2.12.